The first-order valence-corrected chi connectivity index (χ1v) is 4.34. The van der Waals surface area contributed by atoms with Crippen molar-refractivity contribution in [2.45, 2.75) is 0 Å². The Morgan fingerprint density at radius 3 is 2.33 bits per heavy atom. The number of benzene rings is 1. The monoisotopic (exact) mass is 206 g/mol. The molecule has 1 aromatic heterocycles. The fourth-order valence-corrected chi connectivity index (χ4v) is 1.32. The molecule has 0 unspecified atom stereocenters. The van der Waals surface area contributed by atoms with Gasteiger partial charge in [-0.1, -0.05) is 0 Å². The van der Waals surface area contributed by atoms with Gasteiger partial charge in [0.15, 0.2) is 5.82 Å². The van der Waals surface area contributed by atoms with Crippen molar-refractivity contribution in [1.82, 2.24) is 4.98 Å². The molecule has 1 heterocycles. The molecule has 4 heteroatoms. The van der Waals surface area contributed by atoms with Crippen LogP contribution in [0.2, 0.25) is 0 Å². The van der Waals surface area contributed by atoms with Gasteiger partial charge in [0.05, 0.1) is 0 Å². The Hall–Kier alpha value is -1.97. The maximum absolute atomic E-state index is 13.6. The summed E-state index contributed by atoms with van der Waals surface area (Å²) in [5.41, 5.74) is 5.69. The largest absolute Gasteiger partial charge is 0.394 e. The van der Waals surface area contributed by atoms with Gasteiger partial charge in [-0.25, -0.2) is 8.78 Å². The van der Waals surface area contributed by atoms with Gasteiger partial charge < -0.3 is 5.73 Å². The number of aromatic nitrogens is 1. The van der Waals surface area contributed by atoms with Crippen molar-refractivity contribution in [2.75, 3.05) is 5.73 Å². The molecule has 0 saturated heterocycles. The molecular weight excluding hydrogens is 198 g/mol. The molecular formula is C11H8F2N2. The molecule has 0 spiro atoms. The van der Waals surface area contributed by atoms with Crippen LogP contribution < -0.4 is 5.73 Å². The highest BCUT2D eigenvalue weighted by molar-refractivity contribution is 5.68. The summed E-state index contributed by atoms with van der Waals surface area (Å²) in [6.45, 7) is 0. The van der Waals surface area contributed by atoms with Gasteiger partial charge >= 0.3 is 0 Å². The van der Waals surface area contributed by atoms with Gasteiger partial charge in [-0.2, -0.15) is 0 Å². The van der Waals surface area contributed by atoms with E-state index < -0.39 is 17.3 Å². The van der Waals surface area contributed by atoms with Crippen LogP contribution in [-0.2, 0) is 0 Å². The van der Waals surface area contributed by atoms with E-state index in [0.29, 0.717) is 5.56 Å². The summed E-state index contributed by atoms with van der Waals surface area (Å²) in [6.07, 6.45) is 3.07. The standard InChI is InChI=1S/C11H8F2N2/c12-9-2-1-8(10(13)11(9)14)7-3-5-15-6-4-7/h1-6H,14H2. The quantitative estimate of drug-likeness (QED) is 0.728. The topological polar surface area (TPSA) is 38.9 Å². The number of rotatable bonds is 1. The fraction of sp³-hybridized carbons (Fsp3) is 0. The van der Waals surface area contributed by atoms with Crippen LogP contribution in [0.3, 0.4) is 0 Å². The lowest BCUT2D eigenvalue weighted by Crippen LogP contribution is -1.97. The van der Waals surface area contributed by atoms with Gasteiger partial charge in [0.25, 0.3) is 0 Å². The van der Waals surface area contributed by atoms with Crippen LogP contribution in [-0.4, -0.2) is 4.98 Å². The molecule has 0 saturated carbocycles. The minimum absolute atomic E-state index is 0.274. The molecule has 2 rings (SSSR count). The van der Waals surface area contributed by atoms with Crippen molar-refractivity contribution in [1.29, 1.82) is 0 Å². The zero-order chi connectivity index (χ0) is 10.8. The molecule has 1 aromatic carbocycles. The Kier molecular flexibility index (Phi) is 2.33. The number of halogens is 2. The maximum atomic E-state index is 13.6. The Bertz CT molecular complexity index is 483. The first-order valence-electron chi connectivity index (χ1n) is 4.34. The van der Waals surface area contributed by atoms with Gasteiger partial charge in [0, 0.05) is 18.0 Å². The normalized spacial score (nSPS) is 10.3. The van der Waals surface area contributed by atoms with Crippen molar-refractivity contribution in [3.63, 3.8) is 0 Å². The highest BCUT2D eigenvalue weighted by atomic mass is 19.1. The van der Waals surface area contributed by atoms with E-state index in [2.05, 4.69) is 4.98 Å². The van der Waals surface area contributed by atoms with Crippen LogP contribution in [0.4, 0.5) is 14.5 Å². The average Bonchev–Trinajstić information content (AvgIpc) is 2.27. The summed E-state index contributed by atoms with van der Waals surface area (Å²) in [6, 6.07) is 5.77. The van der Waals surface area contributed by atoms with Gasteiger partial charge in [0.2, 0.25) is 0 Å². The van der Waals surface area contributed by atoms with E-state index in [0.717, 1.165) is 6.07 Å². The molecule has 0 bridgehead atoms. The van der Waals surface area contributed by atoms with Crippen LogP contribution in [0.25, 0.3) is 11.1 Å². The Labute approximate surface area is 85.4 Å². The van der Waals surface area contributed by atoms with E-state index in [-0.39, 0.29) is 5.56 Å². The molecule has 2 aromatic rings. The average molecular weight is 206 g/mol. The minimum Gasteiger partial charge on any atom is -0.394 e. The van der Waals surface area contributed by atoms with Crippen molar-refractivity contribution < 1.29 is 8.78 Å². The van der Waals surface area contributed by atoms with E-state index in [1.165, 1.54) is 18.5 Å². The summed E-state index contributed by atoms with van der Waals surface area (Å²) in [5, 5.41) is 0. The molecule has 15 heavy (non-hydrogen) atoms. The molecule has 0 radical (unpaired) electrons. The predicted molar refractivity (Wildman–Crippen MR) is 54.0 cm³/mol. The van der Waals surface area contributed by atoms with E-state index in [4.69, 9.17) is 5.73 Å². The maximum Gasteiger partial charge on any atom is 0.156 e. The molecule has 2 nitrogen and oxygen atoms in total. The number of pyridine rings is 1. The second-order valence-electron chi connectivity index (χ2n) is 3.06. The van der Waals surface area contributed by atoms with Gasteiger partial charge in [0.1, 0.15) is 11.5 Å². The highest BCUT2D eigenvalue weighted by Gasteiger charge is 2.11. The number of hydrogen-bond donors (Lipinski definition) is 1. The van der Waals surface area contributed by atoms with E-state index in [1.54, 1.807) is 12.1 Å². The third kappa shape index (κ3) is 1.66. The first kappa shape index (κ1) is 9.58. The third-order valence-corrected chi connectivity index (χ3v) is 2.12. The fourth-order valence-electron chi connectivity index (χ4n) is 1.32. The van der Waals surface area contributed by atoms with Crippen LogP contribution in [0.1, 0.15) is 0 Å². The summed E-state index contributed by atoms with van der Waals surface area (Å²) in [5.74, 6) is -1.48. The van der Waals surface area contributed by atoms with Gasteiger partial charge in [-0.3, -0.25) is 4.98 Å². The van der Waals surface area contributed by atoms with Crippen LogP contribution in [0.15, 0.2) is 36.7 Å². The molecule has 2 N–H and O–H groups in total. The molecule has 0 atom stereocenters. The zero-order valence-corrected chi connectivity index (χ0v) is 7.74. The first-order chi connectivity index (χ1) is 7.20. The molecule has 76 valence electrons. The minimum atomic E-state index is -0.745. The van der Waals surface area contributed by atoms with Gasteiger partial charge in [-0.05, 0) is 29.8 Å². The molecule has 0 amide bonds. The van der Waals surface area contributed by atoms with E-state index in [1.807, 2.05) is 0 Å². The van der Waals surface area contributed by atoms with Crippen LogP contribution in [0, 0.1) is 11.6 Å². The van der Waals surface area contributed by atoms with Crippen molar-refractivity contribution in [3.8, 4) is 11.1 Å². The third-order valence-electron chi connectivity index (χ3n) is 2.12. The second-order valence-corrected chi connectivity index (χ2v) is 3.06. The van der Waals surface area contributed by atoms with Crippen LogP contribution in [0.5, 0.6) is 0 Å². The molecule has 0 aliphatic rings. The summed E-state index contributed by atoms with van der Waals surface area (Å²) >= 11 is 0. The lowest BCUT2D eigenvalue weighted by atomic mass is 10.1. The van der Waals surface area contributed by atoms with Crippen molar-refractivity contribution in [3.05, 3.63) is 48.3 Å². The lowest BCUT2D eigenvalue weighted by Gasteiger charge is -2.05. The van der Waals surface area contributed by atoms with Gasteiger partial charge in [-0.15, -0.1) is 0 Å². The number of nitrogen functional groups attached to an aromatic ring is 1. The van der Waals surface area contributed by atoms with Crippen molar-refractivity contribution in [2.24, 2.45) is 0 Å². The highest BCUT2D eigenvalue weighted by Crippen LogP contribution is 2.27. The number of hydrogen-bond acceptors (Lipinski definition) is 2. The Morgan fingerprint density at radius 1 is 1.00 bits per heavy atom. The van der Waals surface area contributed by atoms with E-state index in [9.17, 15) is 8.78 Å². The zero-order valence-electron chi connectivity index (χ0n) is 7.74. The van der Waals surface area contributed by atoms with Crippen LogP contribution >= 0.6 is 0 Å². The number of anilines is 1. The second kappa shape index (κ2) is 3.65. The summed E-state index contributed by atoms with van der Waals surface area (Å²) < 4.78 is 26.5. The lowest BCUT2D eigenvalue weighted by molar-refractivity contribution is 0.594. The van der Waals surface area contributed by atoms with Crippen molar-refractivity contribution >= 4 is 5.69 Å². The molecule has 0 aliphatic carbocycles. The Balaban J connectivity index is 2.60. The summed E-state index contributed by atoms with van der Waals surface area (Å²) in [4.78, 5) is 3.81. The van der Waals surface area contributed by atoms with E-state index >= 15 is 0 Å². The smallest absolute Gasteiger partial charge is 0.156 e. The Morgan fingerprint density at radius 2 is 1.67 bits per heavy atom. The SMILES string of the molecule is Nc1c(F)ccc(-c2ccncc2)c1F. The predicted octanol–water partition coefficient (Wildman–Crippen LogP) is 2.61. The number of nitrogens with zero attached hydrogens (tertiary/aromatic N) is 1. The molecule has 0 fully saturated rings. The molecule has 0 aliphatic heterocycles. The summed E-state index contributed by atoms with van der Waals surface area (Å²) in [7, 11) is 0. The number of nitrogens with two attached hydrogens (primary N) is 1.